The normalized spacial score (nSPS) is 10.1. The summed E-state index contributed by atoms with van der Waals surface area (Å²) in [7, 11) is 5.85. The fourth-order valence-electron chi connectivity index (χ4n) is 1.92. The predicted octanol–water partition coefficient (Wildman–Crippen LogP) is 1.75. The fourth-order valence-corrected chi connectivity index (χ4v) is 1.92. The maximum absolute atomic E-state index is 11.5. The lowest BCUT2D eigenvalue weighted by Crippen LogP contribution is -2.11. The van der Waals surface area contributed by atoms with Crippen LogP contribution < -0.4 is 14.2 Å². The number of methoxy groups -OCH3 is 4. The van der Waals surface area contributed by atoms with E-state index in [-0.39, 0.29) is 31.8 Å². The zero-order chi connectivity index (χ0) is 17.2. The molecule has 0 saturated carbocycles. The van der Waals surface area contributed by atoms with E-state index in [1.165, 1.54) is 28.4 Å². The second-order valence-corrected chi connectivity index (χ2v) is 4.63. The molecule has 0 heterocycles. The molecule has 7 heteroatoms. The highest BCUT2D eigenvalue weighted by Gasteiger charge is 2.13. The summed E-state index contributed by atoms with van der Waals surface area (Å²) in [5.41, 5.74) is 0.819. The van der Waals surface area contributed by atoms with Gasteiger partial charge in [-0.3, -0.25) is 9.59 Å². The molecule has 0 unspecified atom stereocenters. The van der Waals surface area contributed by atoms with Gasteiger partial charge in [-0.25, -0.2) is 0 Å². The summed E-state index contributed by atoms with van der Waals surface area (Å²) in [5, 5.41) is 0. The molecule has 0 aliphatic heterocycles. The minimum atomic E-state index is -0.542. The smallest absolute Gasteiger partial charge is 0.313 e. The van der Waals surface area contributed by atoms with Crippen molar-refractivity contribution in [3.8, 4) is 17.2 Å². The Morgan fingerprint density at radius 2 is 1.57 bits per heavy atom. The Labute approximate surface area is 135 Å². The zero-order valence-electron chi connectivity index (χ0n) is 13.8. The first-order valence-corrected chi connectivity index (χ1v) is 7.00. The number of hydrogen-bond donors (Lipinski definition) is 0. The molecule has 0 saturated heterocycles. The summed E-state index contributed by atoms with van der Waals surface area (Å²) < 4.78 is 25.6. The Morgan fingerprint density at radius 1 is 0.957 bits per heavy atom. The van der Waals surface area contributed by atoms with E-state index in [2.05, 4.69) is 4.74 Å². The van der Waals surface area contributed by atoms with Crippen LogP contribution >= 0.6 is 0 Å². The Bertz CT molecular complexity index is 514. The van der Waals surface area contributed by atoms with Gasteiger partial charge in [0.05, 0.1) is 41.7 Å². The number of rotatable bonds is 10. The third-order valence-corrected chi connectivity index (χ3v) is 3.09. The molecule has 1 rings (SSSR count). The van der Waals surface area contributed by atoms with E-state index in [0.29, 0.717) is 17.2 Å². The van der Waals surface area contributed by atoms with Crippen LogP contribution in [0, 0.1) is 0 Å². The van der Waals surface area contributed by atoms with Crippen molar-refractivity contribution < 1.29 is 33.3 Å². The van der Waals surface area contributed by atoms with E-state index < -0.39 is 5.97 Å². The molecule has 7 nitrogen and oxygen atoms in total. The van der Waals surface area contributed by atoms with Crippen LogP contribution in [0.4, 0.5) is 0 Å². The van der Waals surface area contributed by atoms with Crippen molar-refractivity contribution >= 4 is 11.8 Å². The standard InChI is InChI=1S/C16H22O7/c1-19-13-7-11(8-14(20-2)16(13)22-4)10-23-6-5-12(17)9-15(18)21-3/h7-8H,5-6,9-10H2,1-4H3. The van der Waals surface area contributed by atoms with Crippen molar-refractivity contribution in [2.75, 3.05) is 35.0 Å². The first-order chi connectivity index (χ1) is 11.0. The van der Waals surface area contributed by atoms with Gasteiger partial charge in [0.2, 0.25) is 5.75 Å². The molecular formula is C16H22O7. The molecule has 0 bridgehead atoms. The van der Waals surface area contributed by atoms with Crippen molar-refractivity contribution in [3.05, 3.63) is 17.7 Å². The van der Waals surface area contributed by atoms with Gasteiger partial charge in [-0.05, 0) is 17.7 Å². The van der Waals surface area contributed by atoms with Crippen LogP contribution in [0.2, 0.25) is 0 Å². The minimum absolute atomic E-state index is 0.152. The summed E-state index contributed by atoms with van der Waals surface area (Å²) in [4.78, 5) is 22.4. The highest BCUT2D eigenvalue weighted by Crippen LogP contribution is 2.38. The number of Topliss-reactive ketones (excluding diaryl/α,β-unsaturated/α-hetero) is 1. The Hall–Kier alpha value is -2.28. The molecular weight excluding hydrogens is 304 g/mol. The lowest BCUT2D eigenvalue weighted by molar-refractivity contribution is -0.143. The van der Waals surface area contributed by atoms with Gasteiger partial charge in [0.1, 0.15) is 12.2 Å². The van der Waals surface area contributed by atoms with E-state index in [1.54, 1.807) is 12.1 Å². The lowest BCUT2D eigenvalue weighted by Gasteiger charge is -2.14. The average Bonchev–Trinajstić information content (AvgIpc) is 2.57. The maximum Gasteiger partial charge on any atom is 0.313 e. The van der Waals surface area contributed by atoms with Gasteiger partial charge in [0.15, 0.2) is 11.5 Å². The summed E-state index contributed by atoms with van der Waals surface area (Å²) in [6.07, 6.45) is -0.0798. The highest BCUT2D eigenvalue weighted by atomic mass is 16.5. The average molecular weight is 326 g/mol. The van der Waals surface area contributed by atoms with E-state index in [1.807, 2.05) is 0 Å². The molecule has 128 valence electrons. The first-order valence-electron chi connectivity index (χ1n) is 7.00. The molecule has 23 heavy (non-hydrogen) atoms. The Morgan fingerprint density at radius 3 is 2.04 bits per heavy atom. The van der Waals surface area contributed by atoms with Crippen molar-refractivity contribution in [1.82, 2.24) is 0 Å². The topological polar surface area (TPSA) is 80.3 Å². The van der Waals surface area contributed by atoms with Crippen molar-refractivity contribution in [3.63, 3.8) is 0 Å². The van der Waals surface area contributed by atoms with Crippen molar-refractivity contribution in [1.29, 1.82) is 0 Å². The van der Waals surface area contributed by atoms with Crippen LogP contribution in [-0.4, -0.2) is 46.8 Å². The Balaban J connectivity index is 2.55. The number of carbonyl (C=O) groups excluding carboxylic acids is 2. The van der Waals surface area contributed by atoms with E-state index in [9.17, 15) is 9.59 Å². The van der Waals surface area contributed by atoms with Crippen LogP contribution in [0.3, 0.4) is 0 Å². The Kier molecular flexibility index (Phi) is 7.90. The predicted molar refractivity (Wildman–Crippen MR) is 82.0 cm³/mol. The molecule has 0 radical (unpaired) electrons. The quantitative estimate of drug-likeness (QED) is 0.368. The van der Waals surface area contributed by atoms with Crippen molar-refractivity contribution in [2.45, 2.75) is 19.4 Å². The molecule has 0 spiro atoms. The minimum Gasteiger partial charge on any atom is -0.493 e. The fraction of sp³-hybridized carbons (Fsp3) is 0.500. The van der Waals surface area contributed by atoms with Gasteiger partial charge in [-0.1, -0.05) is 0 Å². The maximum atomic E-state index is 11.5. The van der Waals surface area contributed by atoms with Crippen LogP contribution in [-0.2, 0) is 25.7 Å². The van der Waals surface area contributed by atoms with Gasteiger partial charge in [-0.2, -0.15) is 0 Å². The number of ether oxygens (including phenoxy) is 5. The number of hydrogen-bond acceptors (Lipinski definition) is 7. The monoisotopic (exact) mass is 326 g/mol. The van der Waals surface area contributed by atoms with Crippen LogP contribution in [0.1, 0.15) is 18.4 Å². The molecule has 1 aromatic rings. The molecule has 0 amide bonds. The van der Waals surface area contributed by atoms with E-state index in [4.69, 9.17) is 18.9 Å². The third kappa shape index (κ3) is 5.78. The van der Waals surface area contributed by atoms with Gasteiger partial charge in [-0.15, -0.1) is 0 Å². The number of ketones is 1. The number of benzene rings is 1. The second-order valence-electron chi connectivity index (χ2n) is 4.63. The van der Waals surface area contributed by atoms with Crippen LogP contribution in [0.5, 0.6) is 17.2 Å². The summed E-state index contributed by atoms with van der Waals surface area (Å²) in [6.45, 7) is 0.495. The third-order valence-electron chi connectivity index (χ3n) is 3.09. The van der Waals surface area contributed by atoms with Crippen LogP contribution in [0.15, 0.2) is 12.1 Å². The summed E-state index contributed by atoms with van der Waals surface area (Å²) >= 11 is 0. The molecule has 0 aliphatic rings. The number of esters is 1. The first kappa shape index (κ1) is 18.8. The summed E-state index contributed by atoms with van der Waals surface area (Å²) in [5.74, 6) is 0.813. The molecule has 1 aromatic carbocycles. The SMILES string of the molecule is COC(=O)CC(=O)CCOCc1cc(OC)c(OC)c(OC)c1. The molecule has 0 fully saturated rings. The lowest BCUT2D eigenvalue weighted by atomic mass is 10.2. The highest BCUT2D eigenvalue weighted by molar-refractivity contribution is 5.95. The molecule has 0 aliphatic carbocycles. The van der Waals surface area contributed by atoms with Crippen LogP contribution in [0.25, 0.3) is 0 Å². The van der Waals surface area contributed by atoms with Gasteiger partial charge >= 0.3 is 5.97 Å². The second kappa shape index (κ2) is 9.68. The summed E-state index contributed by atoms with van der Waals surface area (Å²) in [6, 6.07) is 3.55. The molecule has 0 aromatic heterocycles. The van der Waals surface area contributed by atoms with E-state index >= 15 is 0 Å². The largest absolute Gasteiger partial charge is 0.493 e. The molecule has 0 atom stereocenters. The van der Waals surface area contributed by atoms with Gasteiger partial charge in [0.25, 0.3) is 0 Å². The number of carbonyl (C=O) groups is 2. The van der Waals surface area contributed by atoms with E-state index in [0.717, 1.165) is 5.56 Å². The zero-order valence-corrected chi connectivity index (χ0v) is 13.8. The van der Waals surface area contributed by atoms with Crippen molar-refractivity contribution in [2.24, 2.45) is 0 Å². The molecule has 0 N–H and O–H groups in total. The van der Waals surface area contributed by atoms with Gasteiger partial charge < -0.3 is 23.7 Å². The van der Waals surface area contributed by atoms with Gasteiger partial charge in [0, 0.05) is 6.42 Å².